The van der Waals surface area contributed by atoms with Crippen LogP contribution in [0.2, 0.25) is 0 Å². The van der Waals surface area contributed by atoms with Gasteiger partial charge in [0.05, 0.1) is 23.4 Å². The maximum Gasteiger partial charge on any atom is 0.262 e. The molecule has 2 aromatic rings. The molecule has 158 valence electrons. The van der Waals surface area contributed by atoms with Crippen LogP contribution in [-0.4, -0.2) is 53.2 Å². The lowest BCUT2D eigenvalue weighted by atomic mass is 10.1. The second kappa shape index (κ2) is 8.44. The largest absolute Gasteiger partial charge is 0.468 e. The van der Waals surface area contributed by atoms with E-state index in [9.17, 15) is 14.4 Å². The smallest absolute Gasteiger partial charge is 0.262 e. The number of furan rings is 1. The van der Waals surface area contributed by atoms with E-state index in [2.05, 4.69) is 10.2 Å². The standard InChI is InChI=1S/C23H27N3O4/c1-15-8-9-17-18(13-15)23(29)26(22(17)28)16(2)21(27)24-14-19(20-7-6-12-30-20)25-10-4-3-5-11-25/h6-9,12-13,16,19H,3-5,10-11,14H2,1-2H3,(H,24,27)/t16-,19+/m0/s1. The molecular formula is C23H27N3O4. The third-order valence-electron chi connectivity index (χ3n) is 6.01. The van der Waals surface area contributed by atoms with Crippen molar-refractivity contribution in [2.24, 2.45) is 0 Å². The second-order valence-electron chi connectivity index (χ2n) is 8.08. The molecule has 1 N–H and O–H groups in total. The van der Waals surface area contributed by atoms with Gasteiger partial charge in [-0.05, 0) is 64.0 Å². The Kier molecular flexibility index (Phi) is 5.72. The van der Waals surface area contributed by atoms with Crippen LogP contribution >= 0.6 is 0 Å². The van der Waals surface area contributed by atoms with Gasteiger partial charge < -0.3 is 9.73 Å². The van der Waals surface area contributed by atoms with Gasteiger partial charge in [-0.2, -0.15) is 0 Å². The van der Waals surface area contributed by atoms with Crippen LogP contribution in [0.5, 0.6) is 0 Å². The number of benzene rings is 1. The summed E-state index contributed by atoms with van der Waals surface area (Å²) in [4.78, 5) is 41.8. The molecule has 1 aromatic heterocycles. The fourth-order valence-electron chi connectivity index (χ4n) is 4.31. The summed E-state index contributed by atoms with van der Waals surface area (Å²) < 4.78 is 5.62. The molecule has 30 heavy (non-hydrogen) atoms. The molecule has 1 aromatic carbocycles. The zero-order valence-corrected chi connectivity index (χ0v) is 17.4. The van der Waals surface area contributed by atoms with Crippen molar-refractivity contribution in [3.8, 4) is 0 Å². The number of aryl methyl sites for hydroxylation is 1. The first-order valence-electron chi connectivity index (χ1n) is 10.5. The van der Waals surface area contributed by atoms with E-state index in [0.29, 0.717) is 17.7 Å². The van der Waals surface area contributed by atoms with Crippen LogP contribution in [0.15, 0.2) is 41.0 Å². The number of imide groups is 1. The average molecular weight is 409 g/mol. The number of nitrogens with zero attached hydrogens (tertiary/aromatic N) is 2. The highest BCUT2D eigenvalue weighted by Gasteiger charge is 2.41. The number of amides is 3. The average Bonchev–Trinajstić information content (AvgIpc) is 3.36. The number of rotatable bonds is 6. The van der Waals surface area contributed by atoms with Gasteiger partial charge in [0, 0.05) is 6.54 Å². The summed E-state index contributed by atoms with van der Waals surface area (Å²) in [5, 5.41) is 2.94. The van der Waals surface area contributed by atoms with Gasteiger partial charge in [0.15, 0.2) is 0 Å². The summed E-state index contributed by atoms with van der Waals surface area (Å²) in [6.07, 6.45) is 5.09. The van der Waals surface area contributed by atoms with E-state index in [1.54, 1.807) is 31.4 Å². The maximum absolute atomic E-state index is 12.9. The summed E-state index contributed by atoms with van der Waals surface area (Å²) in [5.41, 5.74) is 1.62. The summed E-state index contributed by atoms with van der Waals surface area (Å²) in [5.74, 6) is -0.382. The molecule has 7 heteroatoms. The van der Waals surface area contributed by atoms with Gasteiger partial charge >= 0.3 is 0 Å². The summed E-state index contributed by atoms with van der Waals surface area (Å²) in [7, 11) is 0. The highest BCUT2D eigenvalue weighted by Crippen LogP contribution is 2.27. The Morgan fingerprint density at radius 2 is 1.83 bits per heavy atom. The highest BCUT2D eigenvalue weighted by atomic mass is 16.3. The number of hydrogen-bond acceptors (Lipinski definition) is 5. The van der Waals surface area contributed by atoms with E-state index >= 15 is 0 Å². The zero-order valence-electron chi connectivity index (χ0n) is 17.4. The first-order valence-corrected chi connectivity index (χ1v) is 10.5. The molecule has 1 fully saturated rings. The SMILES string of the molecule is Cc1ccc2c(c1)C(=O)N([C@@H](C)C(=O)NC[C@H](c1ccco1)N1CCCCC1)C2=O. The van der Waals surface area contributed by atoms with Gasteiger partial charge in [-0.25, -0.2) is 0 Å². The van der Waals surface area contributed by atoms with Crippen LogP contribution in [0.3, 0.4) is 0 Å². The van der Waals surface area contributed by atoms with Crippen LogP contribution in [0.25, 0.3) is 0 Å². The minimum Gasteiger partial charge on any atom is -0.468 e. The Balaban J connectivity index is 1.45. The monoisotopic (exact) mass is 409 g/mol. The van der Waals surface area contributed by atoms with Crippen molar-refractivity contribution in [2.75, 3.05) is 19.6 Å². The quantitative estimate of drug-likeness (QED) is 0.742. The molecule has 0 saturated carbocycles. The Morgan fingerprint density at radius 3 is 2.53 bits per heavy atom. The first kappa shape index (κ1) is 20.3. The summed E-state index contributed by atoms with van der Waals surface area (Å²) in [6.45, 7) is 5.72. The molecule has 0 bridgehead atoms. The maximum atomic E-state index is 12.9. The molecule has 0 aliphatic carbocycles. The number of likely N-dealkylation sites (tertiary alicyclic amines) is 1. The molecule has 3 amide bonds. The lowest BCUT2D eigenvalue weighted by Crippen LogP contribution is -2.49. The number of carbonyl (C=O) groups is 3. The number of carbonyl (C=O) groups excluding carboxylic acids is 3. The van der Waals surface area contributed by atoms with E-state index in [-0.39, 0.29) is 11.9 Å². The highest BCUT2D eigenvalue weighted by molar-refractivity contribution is 6.22. The van der Waals surface area contributed by atoms with Gasteiger partial charge in [0.25, 0.3) is 11.8 Å². The van der Waals surface area contributed by atoms with Crippen LogP contribution in [-0.2, 0) is 4.79 Å². The Morgan fingerprint density at radius 1 is 1.10 bits per heavy atom. The Labute approximate surface area is 176 Å². The first-order chi connectivity index (χ1) is 14.5. The molecule has 0 unspecified atom stereocenters. The van der Waals surface area contributed by atoms with Gasteiger partial charge in [0.1, 0.15) is 11.8 Å². The summed E-state index contributed by atoms with van der Waals surface area (Å²) >= 11 is 0. The summed E-state index contributed by atoms with van der Waals surface area (Å²) in [6, 6.07) is 7.95. The molecule has 2 aliphatic heterocycles. The molecule has 1 saturated heterocycles. The van der Waals surface area contributed by atoms with Crippen LogP contribution in [0, 0.1) is 6.92 Å². The third-order valence-corrected chi connectivity index (χ3v) is 6.01. The number of piperidine rings is 1. The molecule has 7 nitrogen and oxygen atoms in total. The number of nitrogens with one attached hydrogen (secondary N) is 1. The molecule has 0 radical (unpaired) electrons. The number of hydrogen-bond donors (Lipinski definition) is 1. The van der Waals surface area contributed by atoms with E-state index in [4.69, 9.17) is 4.42 Å². The van der Waals surface area contributed by atoms with Gasteiger partial charge in [-0.3, -0.25) is 24.2 Å². The van der Waals surface area contributed by atoms with E-state index < -0.39 is 17.9 Å². The van der Waals surface area contributed by atoms with E-state index in [1.807, 2.05) is 19.1 Å². The Bertz CT molecular complexity index is 947. The minimum atomic E-state index is -0.892. The zero-order chi connectivity index (χ0) is 21.3. The normalized spacial score (nSPS) is 18.9. The Hall–Kier alpha value is -2.93. The van der Waals surface area contributed by atoms with Crippen LogP contribution in [0.1, 0.15) is 64.3 Å². The molecular weight excluding hydrogens is 382 g/mol. The minimum absolute atomic E-state index is 0.0683. The lowest BCUT2D eigenvalue weighted by molar-refractivity contribution is -0.124. The van der Waals surface area contributed by atoms with Crippen LogP contribution in [0.4, 0.5) is 0 Å². The van der Waals surface area contributed by atoms with Crippen molar-refractivity contribution < 1.29 is 18.8 Å². The molecule has 4 rings (SSSR count). The van der Waals surface area contributed by atoms with Crippen molar-refractivity contribution in [1.82, 2.24) is 15.1 Å². The topological polar surface area (TPSA) is 82.9 Å². The third kappa shape index (κ3) is 3.77. The second-order valence-corrected chi connectivity index (χ2v) is 8.08. The van der Waals surface area contributed by atoms with Crippen molar-refractivity contribution >= 4 is 17.7 Å². The fraction of sp³-hybridized carbons (Fsp3) is 0.435. The predicted octanol–water partition coefficient (Wildman–Crippen LogP) is 2.92. The predicted molar refractivity (Wildman–Crippen MR) is 111 cm³/mol. The molecule has 2 aliphatic rings. The molecule has 2 atom stereocenters. The van der Waals surface area contributed by atoms with Crippen molar-refractivity contribution in [3.63, 3.8) is 0 Å². The lowest BCUT2D eigenvalue weighted by Gasteiger charge is -2.34. The molecule has 3 heterocycles. The van der Waals surface area contributed by atoms with Crippen molar-refractivity contribution in [2.45, 2.75) is 45.2 Å². The van der Waals surface area contributed by atoms with Crippen LogP contribution < -0.4 is 5.32 Å². The van der Waals surface area contributed by atoms with Gasteiger partial charge in [-0.1, -0.05) is 18.1 Å². The van der Waals surface area contributed by atoms with E-state index in [0.717, 1.165) is 42.2 Å². The van der Waals surface area contributed by atoms with Gasteiger partial charge in [-0.15, -0.1) is 0 Å². The van der Waals surface area contributed by atoms with Crippen molar-refractivity contribution in [1.29, 1.82) is 0 Å². The number of fused-ring (bicyclic) bond motifs is 1. The van der Waals surface area contributed by atoms with Crippen molar-refractivity contribution in [3.05, 3.63) is 59.0 Å². The molecule has 0 spiro atoms. The van der Waals surface area contributed by atoms with E-state index in [1.165, 1.54) is 6.42 Å². The van der Waals surface area contributed by atoms with Gasteiger partial charge in [0.2, 0.25) is 5.91 Å². The fourth-order valence-corrected chi connectivity index (χ4v) is 4.31.